The Labute approximate surface area is 121 Å². The van der Waals surface area contributed by atoms with Crippen LogP contribution in [0.25, 0.3) is 0 Å². The highest BCUT2D eigenvalue weighted by molar-refractivity contribution is 7.87. The van der Waals surface area contributed by atoms with Crippen LogP contribution in [0.1, 0.15) is 45.4 Å². The molecule has 0 atom stereocenters. The molecule has 1 aliphatic carbocycles. The minimum Gasteiger partial charge on any atom is -0.449 e. The zero-order chi connectivity index (χ0) is 15.2. The number of likely N-dealkylation sites (N-methyl/N-ethyl adjacent to an activating group) is 1. The van der Waals surface area contributed by atoms with Crippen LogP contribution < -0.4 is 10.5 Å². The summed E-state index contributed by atoms with van der Waals surface area (Å²) in [7, 11) is -2.47. The highest BCUT2D eigenvalue weighted by Gasteiger charge is 2.40. The summed E-state index contributed by atoms with van der Waals surface area (Å²) in [6.45, 7) is 1.98. The first kappa shape index (κ1) is 17.2. The van der Waals surface area contributed by atoms with Crippen molar-refractivity contribution in [3.63, 3.8) is 0 Å². The molecule has 0 aromatic heterocycles. The number of hydrogen-bond acceptors (Lipinski definition) is 5. The third kappa shape index (κ3) is 4.07. The zero-order valence-electron chi connectivity index (χ0n) is 12.2. The van der Waals surface area contributed by atoms with Crippen LogP contribution in [0.3, 0.4) is 0 Å². The maximum absolute atomic E-state index is 12.2. The fraction of sp³-hybridized carbons (Fsp3) is 0.917. The average Bonchev–Trinajstić information content (AvgIpc) is 2.63. The molecule has 3 N–H and O–H groups in total. The molecule has 0 aromatic carbocycles. The van der Waals surface area contributed by atoms with E-state index in [4.69, 9.17) is 5.73 Å². The van der Waals surface area contributed by atoms with Crippen molar-refractivity contribution in [1.82, 2.24) is 9.03 Å². The molecule has 8 heteroatoms. The number of nitrogens with one attached hydrogen (secondary N) is 1. The Morgan fingerprint density at radius 3 is 2.30 bits per heavy atom. The van der Waals surface area contributed by atoms with Gasteiger partial charge in [-0.25, -0.2) is 9.52 Å². The Bertz CT molecular complexity index is 416. The normalized spacial score (nSPS) is 19.4. The standard InChI is InChI=1S/C12H25N3O4S/c1-3-19-11(16)14-20(17,18)15(2)12(10-13)8-6-4-5-7-9-12/h3-10,13H2,1-2H3,(H,14,16). The van der Waals surface area contributed by atoms with Gasteiger partial charge in [0.2, 0.25) is 0 Å². The molecule has 0 aliphatic heterocycles. The number of amides is 1. The summed E-state index contributed by atoms with van der Waals surface area (Å²) >= 11 is 0. The first-order chi connectivity index (χ1) is 9.38. The summed E-state index contributed by atoms with van der Waals surface area (Å²) in [6, 6.07) is 0. The third-order valence-electron chi connectivity index (χ3n) is 3.93. The van der Waals surface area contributed by atoms with Gasteiger partial charge in [-0.1, -0.05) is 25.7 Å². The molecule has 0 unspecified atom stereocenters. The van der Waals surface area contributed by atoms with E-state index >= 15 is 0 Å². The monoisotopic (exact) mass is 307 g/mol. The third-order valence-corrected chi connectivity index (χ3v) is 5.46. The topological polar surface area (TPSA) is 102 Å². The van der Waals surface area contributed by atoms with Crippen LogP contribution >= 0.6 is 0 Å². The molecule has 20 heavy (non-hydrogen) atoms. The summed E-state index contributed by atoms with van der Waals surface area (Å²) in [4.78, 5) is 11.3. The van der Waals surface area contributed by atoms with Crippen molar-refractivity contribution < 1.29 is 17.9 Å². The van der Waals surface area contributed by atoms with Gasteiger partial charge in [-0.15, -0.1) is 0 Å². The minimum absolute atomic E-state index is 0.118. The van der Waals surface area contributed by atoms with Crippen LogP contribution in [0.5, 0.6) is 0 Å². The fourth-order valence-electron chi connectivity index (χ4n) is 2.62. The van der Waals surface area contributed by atoms with Gasteiger partial charge in [0.05, 0.1) is 6.61 Å². The first-order valence-corrected chi connectivity index (χ1v) is 8.45. The number of hydrogen-bond donors (Lipinski definition) is 2. The molecule has 7 nitrogen and oxygen atoms in total. The highest BCUT2D eigenvalue weighted by Crippen LogP contribution is 2.32. The molecular formula is C12H25N3O4S. The fourth-order valence-corrected chi connectivity index (χ4v) is 3.80. The number of ether oxygens (including phenoxy) is 1. The van der Waals surface area contributed by atoms with Gasteiger partial charge < -0.3 is 10.5 Å². The van der Waals surface area contributed by atoms with Crippen LogP contribution in [-0.4, -0.2) is 44.6 Å². The van der Waals surface area contributed by atoms with E-state index in [1.54, 1.807) is 6.92 Å². The van der Waals surface area contributed by atoms with Gasteiger partial charge >= 0.3 is 16.3 Å². The Balaban J connectivity index is 2.88. The van der Waals surface area contributed by atoms with Gasteiger partial charge in [0.25, 0.3) is 0 Å². The van der Waals surface area contributed by atoms with E-state index < -0.39 is 21.8 Å². The minimum atomic E-state index is -3.94. The maximum atomic E-state index is 12.2. The second kappa shape index (κ2) is 7.24. The molecule has 1 saturated carbocycles. The molecule has 0 aromatic rings. The molecule has 0 spiro atoms. The second-order valence-corrected chi connectivity index (χ2v) is 6.84. The van der Waals surface area contributed by atoms with Gasteiger partial charge in [-0.3, -0.25) is 0 Å². The highest BCUT2D eigenvalue weighted by atomic mass is 32.2. The van der Waals surface area contributed by atoms with Gasteiger partial charge in [-0.05, 0) is 19.8 Å². The summed E-state index contributed by atoms with van der Waals surface area (Å²) in [6.07, 6.45) is 4.52. The molecule has 1 rings (SSSR count). The van der Waals surface area contributed by atoms with Gasteiger partial charge in [0.1, 0.15) is 0 Å². The second-order valence-electron chi connectivity index (χ2n) is 5.14. The van der Waals surface area contributed by atoms with Gasteiger partial charge in [0.15, 0.2) is 0 Å². The molecule has 0 radical (unpaired) electrons. The van der Waals surface area contributed by atoms with Crippen molar-refractivity contribution in [3.05, 3.63) is 0 Å². The van der Waals surface area contributed by atoms with Crippen molar-refractivity contribution in [1.29, 1.82) is 0 Å². The zero-order valence-corrected chi connectivity index (χ0v) is 13.0. The largest absolute Gasteiger partial charge is 0.449 e. The lowest BCUT2D eigenvalue weighted by atomic mass is 9.90. The van der Waals surface area contributed by atoms with E-state index in [2.05, 4.69) is 4.74 Å². The Kier molecular flexibility index (Phi) is 6.22. The lowest BCUT2D eigenvalue weighted by Crippen LogP contribution is -2.57. The Morgan fingerprint density at radius 1 is 1.30 bits per heavy atom. The molecule has 1 aliphatic rings. The molecule has 1 amide bonds. The van der Waals surface area contributed by atoms with Crippen LogP contribution in [0.4, 0.5) is 4.79 Å². The predicted molar refractivity (Wildman–Crippen MR) is 76.3 cm³/mol. The Hall–Kier alpha value is -0.860. The molecule has 118 valence electrons. The van der Waals surface area contributed by atoms with E-state index in [9.17, 15) is 13.2 Å². The van der Waals surface area contributed by atoms with Crippen molar-refractivity contribution in [2.45, 2.75) is 51.0 Å². The smallest absolute Gasteiger partial charge is 0.421 e. The quantitative estimate of drug-likeness (QED) is 0.737. The van der Waals surface area contributed by atoms with Crippen molar-refractivity contribution in [2.75, 3.05) is 20.2 Å². The number of rotatable bonds is 5. The number of carbonyl (C=O) groups is 1. The van der Waals surface area contributed by atoms with Crippen LogP contribution in [0.15, 0.2) is 0 Å². The number of nitrogens with two attached hydrogens (primary N) is 1. The predicted octanol–water partition coefficient (Wildman–Crippen LogP) is 0.961. The SMILES string of the molecule is CCOC(=O)NS(=O)(=O)N(C)C1(CN)CCCCCC1. The number of carbonyl (C=O) groups excluding carboxylic acids is 1. The molecule has 0 bridgehead atoms. The van der Waals surface area contributed by atoms with E-state index in [-0.39, 0.29) is 13.2 Å². The molecule has 0 heterocycles. The van der Waals surface area contributed by atoms with Gasteiger partial charge in [0, 0.05) is 19.1 Å². The van der Waals surface area contributed by atoms with Crippen LogP contribution in [0.2, 0.25) is 0 Å². The summed E-state index contributed by atoms with van der Waals surface area (Å²) in [5, 5.41) is 0. The van der Waals surface area contributed by atoms with Crippen molar-refractivity contribution >= 4 is 16.3 Å². The Morgan fingerprint density at radius 2 is 1.85 bits per heavy atom. The van der Waals surface area contributed by atoms with E-state index in [1.165, 1.54) is 11.4 Å². The number of nitrogens with zero attached hydrogens (tertiary/aromatic N) is 1. The van der Waals surface area contributed by atoms with Crippen molar-refractivity contribution in [2.24, 2.45) is 5.73 Å². The summed E-state index contributed by atoms with van der Waals surface area (Å²) < 4.78 is 32.2. The van der Waals surface area contributed by atoms with Gasteiger partial charge in [-0.2, -0.15) is 12.7 Å². The van der Waals surface area contributed by atoms with E-state index in [1.807, 2.05) is 4.72 Å². The van der Waals surface area contributed by atoms with E-state index in [0.717, 1.165) is 25.7 Å². The lowest BCUT2D eigenvalue weighted by Gasteiger charge is -2.39. The van der Waals surface area contributed by atoms with Crippen LogP contribution in [-0.2, 0) is 14.9 Å². The van der Waals surface area contributed by atoms with Crippen LogP contribution in [0, 0.1) is 0 Å². The summed E-state index contributed by atoms with van der Waals surface area (Å²) in [5.41, 5.74) is 5.23. The maximum Gasteiger partial charge on any atom is 0.421 e. The van der Waals surface area contributed by atoms with E-state index in [0.29, 0.717) is 12.8 Å². The first-order valence-electron chi connectivity index (χ1n) is 7.01. The lowest BCUT2D eigenvalue weighted by molar-refractivity contribution is 0.155. The molecule has 1 fully saturated rings. The average molecular weight is 307 g/mol. The summed E-state index contributed by atoms with van der Waals surface area (Å²) in [5.74, 6) is 0. The van der Waals surface area contributed by atoms with Crippen molar-refractivity contribution in [3.8, 4) is 0 Å². The molecular weight excluding hydrogens is 282 g/mol. The molecule has 0 saturated heterocycles.